The lowest BCUT2D eigenvalue weighted by atomic mass is 9.76. The van der Waals surface area contributed by atoms with Crippen molar-refractivity contribution in [3.05, 3.63) is 107 Å². The molecule has 0 aliphatic carbocycles. The van der Waals surface area contributed by atoms with Crippen LogP contribution in [0, 0.1) is 5.92 Å². The summed E-state index contributed by atoms with van der Waals surface area (Å²) in [5.74, 6) is 0.390. The molecule has 0 radical (unpaired) electrons. The lowest BCUT2D eigenvalue weighted by molar-refractivity contribution is -0.137. The lowest BCUT2D eigenvalue weighted by Gasteiger charge is -2.38. The number of nitrogens with one attached hydrogen (secondary N) is 1. The molecule has 1 N–H and O–H groups in total. The first kappa shape index (κ1) is 21.6. The summed E-state index contributed by atoms with van der Waals surface area (Å²) in [7, 11) is 0. The summed E-state index contributed by atoms with van der Waals surface area (Å²) in [6.45, 7) is 1.99. The smallest absolute Gasteiger partial charge is 0.373 e. The van der Waals surface area contributed by atoms with Crippen molar-refractivity contribution < 1.29 is 17.9 Å². The molecule has 5 heteroatoms. The fraction of sp³-hybridized carbons (Fsp3) is 0.308. The summed E-state index contributed by atoms with van der Waals surface area (Å²) in [5, 5.41) is 3.50. The van der Waals surface area contributed by atoms with E-state index in [2.05, 4.69) is 53.8 Å². The monoisotopic (exact) mass is 425 g/mol. The number of ether oxygens (including phenoxy) is 1. The Balaban J connectivity index is 1.54. The Morgan fingerprint density at radius 1 is 0.839 bits per heavy atom. The van der Waals surface area contributed by atoms with E-state index in [9.17, 15) is 13.2 Å². The molecule has 2 nitrogen and oxygen atoms in total. The molecule has 2 atom stereocenters. The molecule has 162 valence electrons. The van der Waals surface area contributed by atoms with Gasteiger partial charge >= 0.3 is 6.18 Å². The maximum Gasteiger partial charge on any atom is 0.416 e. The Kier molecular flexibility index (Phi) is 6.73. The van der Waals surface area contributed by atoms with Crippen molar-refractivity contribution in [3.8, 4) is 0 Å². The second-order valence-electron chi connectivity index (χ2n) is 8.00. The Labute approximate surface area is 181 Å². The van der Waals surface area contributed by atoms with Crippen molar-refractivity contribution >= 4 is 0 Å². The van der Waals surface area contributed by atoms with Gasteiger partial charge in [-0.05, 0) is 41.8 Å². The zero-order valence-electron chi connectivity index (χ0n) is 17.2. The van der Waals surface area contributed by atoms with Crippen molar-refractivity contribution in [2.75, 3.05) is 13.1 Å². The summed E-state index contributed by atoms with van der Waals surface area (Å²) < 4.78 is 44.8. The van der Waals surface area contributed by atoms with E-state index in [0.717, 1.165) is 37.2 Å². The van der Waals surface area contributed by atoms with Crippen molar-refractivity contribution in [1.82, 2.24) is 5.32 Å². The maximum atomic E-state index is 12.8. The summed E-state index contributed by atoms with van der Waals surface area (Å²) in [6.07, 6.45) is -3.45. The molecule has 31 heavy (non-hydrogen) atoms. The first-order chi connectivity index (χ1) is 15.0. The predicted molar refractivity (Wildman–Crippen MR) is 116 cm³/mol. The van der Waals surface area contributed by atoms with Gasteiger partial charge in [0.15, 0.2) is 0 Å². The van der Waals surface area contributed by atoms with E-state index < -0.39 is 11.7 Å². The van der Waals surface area contributed by atoms with E-state index in [0.29, 0.717) is 6.61 Å². The van der Waals surface area contributed by atoms with Crippen LogP contribution in [0.4, 0.5) is 13.2 Å². The minimum absolute atomic E-state index is 0.00829. The molecule has 3 aromatic rings. The Hall–Kier alpha value is -2.63. The van der Waals surface area contributed by atoms with E-state index in [1.165, 1.54) is 23.3 Å². The summed E-state index contributed by atoms with van der Waals surface area (Å²) in [5.41, 5.74) is 2.60. The molecule has 1 saturated heterocycles. The van der Waals surface area contributed by atoms with Gasteiger partial charge in [0, 0.05) is 18.4 Å². The number of benzene rings is 3. The first-order valence-electron chi connectivity index (χ1n) is 10.6. The van der Waals surface area contributed by atoms with Gasteiger partial charge in [-0.15, -0.1) is 0 Å². The summed E-state index contributed by atoms with van der Waals surface area (Å²) in [6, 6.07) is 26.1. The molecular formula is C26H26F3NO. The highest BCUT2D eigenvalue weighted by atomic mass is 19.4. The van der Waals surface area contributed by atoms with Crippen LogP contribution in [0.25, 0.3) is 0 Å². The quantitative estimate of drug-likeness (QED) is 0.521. The van der Waals surface area contributed by atoms with Crippen LogP contribution in [0.2, 0.25) is 0 Å². The predicted octanol–water partition coefficient (Wildman–Crippen LogP) is 6.03. The van der Waals surface area contributed by atoms with Crippen molar-refractivity contribution in [2.45, 2.75) is 31.2 Å². The van der Waals surface area contributed by atoms with Gasteiger partial charge < -0.3 is 10.1 Å². The lowest BCUT2D eigenvalue weighted by Crippen LogP contribution is -2.44. The first-order valence-corrected chi connectivity index (χ1v) is 10.6. The molecule has 1 heterocycles. The van der Waals surface area contributed by atoms with E-state index in [1.807, 2.05) is 12.1 Å². The third-order valence-electron chi connectivity index (χ3n) is 5.95. The van der Waals surface area contributed by atoms with Gasteiger partial charge in [-0.1, -0.05) is 72.8 Å². The third-order valence-corrected chi connectivity index (χ3v) is 5.95. The molecule has 1 aliphatic heterocycles. The number of piperidine rings is 1. The van der Waals surface area contributed by atoms with Gasteiger partial charge in [0.05, 0.1) is 18.3 Å². The van der Waals surface area contributed by atoms with Crippen LogP contribution in [0.1, 0.15) is 34.6 Å². The molecule has 3 aromatic carbocycles. The standard InChI is InChI=1S/C26H26F3NO/c27-26(28,29)22-13-11-19(12-14-22)18-31-24-15-16-30-17-23(24)25(20-7-3-1-4-8-20)21-9-5-2-6-10-21/h1-14,23-25,30H,15-18H2. The van der Waals surface area contributed by atoms with Gasteiger partial charge in [-0.25, -0.2) is 0 Å². The summed E-state index contributed by atoms with van der Waals surface area (Å²) in [4.78, 5) is 0. The number of alkyl halides is 3. The number of rotatable bonds is 6. The molecule has 0 amide bonds. The second kappa shape index (κ2) is 9.67. The molecule has 0 bridgehead atoms. The number of hydrogen-bond donors (Lipinski definition) is 1. The molecule has 1 aliphatic rings. The average Bonchev–Trinajstić information content (AvgIpc) is 2.80. The highest BCUT2D eigenvalue weighted by Gasteiger charge is 2.34. The van der Waals surface area contributed by atoms with Crippen LogP contribution in [0.5, 0.6) is 0 Å². The fourth-order valence-corrected chi connectivity index (χ4v) is 4.40. The van der Waals surface area contributed by atoms with Gasteiger partial charge in [-0.3, -0.25) is 0 Å². The SMILES string of the molecule is FC(F)(F)c1ccc(COC2CCNCC2C(c2ccccc2)c2ccccc2)cc1. The Bertz CT molecular complexity index is 902. The van der Waals surface area contributed by atoms with Crippen molar-refractivity contribution in [1.29, 1.82) is 0 Å². The zero-order valence-corrected chi connectivity index (χ0v) is 17.2. The normalized spacial score (nSPS) is 19.5. The van der Waals surface area contributed by atoms with E-state index in [1.54, 1.807) is 0 Å². The van der Waals surface area contributed by atoms with Crippen molar-refractivity contribution in [2.24, 2.45) is 5.92 Å². The summed E-state index contributed by atoms with van der Waals surface area (Å²) >= 11 is 0. The minimum Gasteiger partial charge on any atom is -0.373 e. The average molecular weight is 425 g/mol. The fourth-order valence-electron chi connectivity index (χ4n) is 4.40. The highest BCUT2D eigenvalue weighted by molar-refractivity contribution is 5.34. The molecule has 0 spiro atoms. The molecule has 0 saturated carbocycles. The van der Waals surface area contributed by atoms with E-state index in [-0.39, 0.29) is 17.9 Å². The molecular weight excluding hydrogens is 399 g/mol. The van der Waals surface area contributed by atoms with Gasteiger partial charge in [-0.2, -0.15) is 13.2 Å². The van der Waals surface area contributed by atoms with Crippen LogP contribution in [0.3, 0.4) is 0 Å². The maximum absolute atomic E-state index is 12.8. The van der Waals surface area contributed by atoms with Crippen LogP contribution in [0.15, 0.2) is 84.9 Å². The van der Waals surface area contributed by atoms with Gasteiger partial charge in [0.2, 0.25) is 0 Å². The van der Waals surface area contributed by atoms with E-state index >= 15 is 0 Å². The molecule has 1 fully saturated rings. The zero-order chi connectivity index (χ0) is 21.7. The largest absolute Gasteiger partial charge is 0.416 e. The minimum atomic E-state index is -4.32. The molecule has 2 unspecified atom stereocenters. The van der Waals surface area contributed by atoms with Crippen LogP contribution < -0.4 is 5.32 Å². The topological polar surface area (TPSA) is 21.3 Å². The van der Waals surface area contributed by atoms with Gasteiger partial charge in [0.25, 0.3) is 0 Å². The second-order valence-corrected chi connectivity index (χ2v) is 8.00. The van der Waals surface area contributed by atoms with E-state index in [4.69, 9.17) is 4.74 Å². The molecule has 4 rings (SSSR count). The van der Waals surface area contributed by atoms with Crippen LogP contribution in [-0.2, 0) is 17.5 Å². The Morgan fingerprint density at radius 3 is 1.97 bits per heavy atom. The van der Waals surface area contributed by atoms with Gasteiger partial charge in [0.1, 0.15) is 0 Å². The highest BCUT2D eigenvalue weighted by Crippen LogP contribution is 2.37. The van der Waals surface area contributed by atoms with Crippen LogP contribution >= 0.6 is 0 Å². The van der Waals surface area contributed by atoms with Crippen LogP contribution in [-0.4, -0.2) is 19.2 Å². The van der Waals surface area contributed by atoms with Crippen molar-refractivity contribution in [3.63, 3.8) is 0 Å². The Morgan fingerprint density at radius 2 is 1.42 bits per heavy atom. The molecule has 0 aromatic heterocycles. The number of halogens is 3. The number of hydrogen-bond acceptors (Lipinski definition) is 2. The third kappa shape index (κ3) is 5.35.